The molecule has 1 N–H and O–H groups in total. The third kappa shape index (κ3) is 5.90. The number of sulfonamides is 1. The summed E-state index contributed by atoms with van der Waals surface area (Å²) < 4.78 is 47.5. The Morgan fingerprint density at radius 3 is 2.54 bits per heavy atom. The van der Waals surface area contributed by atoms with Gasteiger partial charge in [-0.15, -0.1) is 0 Å². The van der Waals surface area contributed by atoms with Crippen molar-refractivity contribution < 1.29 is 22.0 Å². The van der Waals surface area contributed by atoms with Crippen molar-refractivity contribution in [1.29, 1.82) is 0 Å². The van der Waals surface area contributed by atoms with E-state index in [-0.39, 0.29) is 41.5 Å². The van der Waals surface area contributed by atoms with Crippen LogP contribution in [0.1, 0.15) is 56.7 Å². The number of nitrogens with zero attached hydrogens (tertiary/aromatic N) is 2. The van der Waals surface area contributed by atoms with E-state index in [2.05, 4.69) is 10.3 Å². The van der Waals surface area contributed by atoms with Crippen molar-refractivity contribution in [3.05, 3.63) is 60.1 Å². The van der Waals surface area contributed by atoms with Crippen LogP contribution in [0.25, 0.3) is 11.0 Å². The maximum Gasteiger partial charge on any atom is 0.287 e. The highest BCUT2D eigenvalue weighted by molar-refractivity contribution is 7.89. The lowest BCUT2D eigenvalue weighted by atomic mass is 9.89. The first-order chi connectivity index (χ1) is 16.6. The van der Waals surface area contributed by atoms with Gasteiger partial charge >= 0.3 is 0 Å². The van der Waals surface area contributed by atoms with Crippen LogP contribution in [0.4, 0.5) is 4.39 Å². The topological polar surface area (TPSA) is 92.5 Å². The summed E-state index contributed by atoms with van der Waals surface area (Å²) in [6, 6.07) is 9.72. The zero-order chi connectivity index (χ0) is 25.8. The molecule has 0 spiro atoms. The highest BCUT2D eigenvalue weighted by atomic mass is 32.2. The zero-order valence-corrected chi connectivity index (χ0v) is 21.7. The van der Waals surface area contributed by atoms with Gasteiger partial charge in [-0.25, -0.2) is 17.1 Å². The molecule has 3 atom stereocenters. The van der Waals surface area contributed by atoms with E-state index in [9.17, 15) is 17.6 Å². The highest BCUT2D eigenvalue weighted by Crippen LogP contribution is 2.43. The monoisotopic (exact) mass is 503 g/mol. The van der Waals surface area contributed by atoms with Crippen LogP contribution in [0.5, 0.6) is 0 Å². The van der Waals surface area contributed by atoms with Gasteiger partial charge in [0.15, 0.2) is 11.3 Å². The maximum absolute atomic E-state index is 14.8. The molecule has 1 aromatic carbocycles. The molecule has 1 amide bonds. The number of rotatable bonds is 7. The normalized spacial score (nSPS) is 22.1. The lowest BCUT2D eigenvalue weighted by Crippen LogP contribution is -2.39. The quantitative estimate of drug-likeness (QED) is 0.480. The summed E-state index contributed by atoms with van der Waals surface area (Å²) in [6.07, 6.45) is 4.38. The molecule has 0 radical (unpaired) electrons. The molecule has 1 fully saturated rings. The molecule has 1 aliphatic rings. The first-order valence-electron chi connectivity index (χ1n) is 11.9. The smallest absolute Gasteiger partial charge is 0.287 e. The lowest BCUT2D eigenvalue weighted by molar-refractivity contribution is 0.0925. The van der Waals surface area contributed by atoms with Crippen molar-refractivity contribution in [2.75, 3.05) is 13.6 Å². The molecule has 7 nitrogen and oxygen atoms in total. The van der Waals surface area contributed by atoms with Crippen molar-refractivity contribution in [2.45, 2.75) is 57.6 Å². The average molecular weight is 504 g/mol. The van der Waals surface area contributed by atoms with E-state index >= 15 is 0 Å². The van der Waals surface area contributed by atoms with E-state index in [0.717, 1.165) is 17.4 Å². The number of halogens is 1. The average Bonchev–Trinajstić information content (AvgIpc) is 3.40. The maximum atomic E-state index is 14.8. The fourth-order valence-corrected chi connectivity index (χ4v) is 5.66. The van der Waals surface area contributed by atoms with Crippen LogP contribution in [-0.2, 0) is 16.6 Å². The fourth-order valence-electron chi connectivity index (χ4n) is 4.46. The Labute approximate surface area is 206 Å². The molecule has 190 valence electrons. The van der Waals surface area contributed by atoms with Crippen LogP contribution in [0.3, 0.4) is 0 Å². The predicted molar refractivity (Wildman–Crippen MR) is 134 cm³/mol. The van der Waals surface area contributed by atoms with Crippen LogP contribution in [0.15, 0.2) is 58.1 Å². The Morgan fingerprint density at radius 1 is 1.26 bits per heavy atom. The number of carbonyl (C=O) groups is 1. The lowest BCUT2D eigenvalue weighted by Gasteiger charge is -2.30. The van der Waals surface area contributed by atoms with Gasteiger partial charge < -0.3 is 9.73 Å². The van der Waals surface area contributed by atoms with Crippen LogP contribution in [0.2, 0.25) is 0 Å². The van der Waals surface area contributed by atoms with E-state index < -0.39 is 15.7 Å². The molecule has 3 unspecified atom stereocenters. The second kappa shape index (κ2) is 10.9. The predicted octanol–water partition coefficient (Wildman–Crippen LogP) is 5.18. The van der Waals surface area contributed by atoms with Gasteiger partial charge in [0.2, 0.25) is 10.0 Å². The van der Waals surface area contributed by atoms with E-state index in [0.29, 0.717) is 12.0 Å². The van der Waals surface area contributed by atoms with Crippen molar-refractivity contribution in [1.82, 2.24) is 14.6 Å². The summed E-state index contributed by atoms with van der Waals surface area (Å²) in [4.78, 5) is 16.5. The number of hydrogen-bond acceptors (Lipinski definition) is 5. The Hall–Kier alpha value is -2.78. The second-order valence-corrected chi connectivity index (χ2v) is 11.1. The number of hydrogen-bond donors (Lipinski definition) is 1. The van der Waals surface area contributed by atoms with Crippen LogP contribution in [0, 0.1) is 11.8 Å². The molecule has 1 aliphatic carbocycles. The molecule has 2 aromatic heterocycles. The van der Waals surface area contributed by atoms with Gasteiger partial charge in [0.1, 0.15) is 5.67 Å². The summed E-state index contributed by atoms with van der Waals surface area (Å²) in [5.41, 5.74) is -0.0911. The second-order valence-electron chi connectivity index (χ2n) is 9.04. The van der Waals surface area contributed by atoms with Crippen molar-refractivity contribution >= 4 is 26.9 Å². The highest BCUT2D eigenvalue weighted by Gasteiger charge is 2.45. The standard InChI is InChI=1S/C24H28FN3O4S.C2H6/c1-16-8-10-24(2,25)20(16)15-28(3)33(30,31)19-6-4-17(5-7-19)13-27-23(29)21-12-18-9-11-26-14-22(18)32-21;1-2/h4-7,9,11-12,14,16,20H,8,10,13,15H2,1-3H3,(H,27,29);1-2H3. The number of benzene rings is 1. The molecule has 0 aliphatic heterocycles. The van der Waals surface area contributed by atoms with E-state index in [1.165, 1.54) is 23.5 Å². The molecule has 0 saturated heterocycles. The number of furan rings is 1. The molecule has 9 heteroatoms. The minimum absolute atomic E-state index is 0.131. The van der Waals surface area contributed by atoms with Crippen LogP contribution >= 0.6 is 0 Å². The van der Waals surface area contributed by atoms with Crippen molar-refractivity contribution in [3.8, 4) is 0 Å². The molecule has 3 aromatic rings. The zero-order valence-electron chi connectivity index (χ0n) is 20.9. The van der Waals surface area contributed by atoms with Gasteiger partial charge in [0.05, 0.1) is 11.1 Å². The van der Waals surface area contributed by atoms with Gasteiger partial charge in [0.25, 0.3) is 5.91 Å². The Bertz CT molecular complexity index is 1220. The Morgan fingerprint density at radius 2 is 1.94 bits per heavy atom. The van der Waals surface area contributed by atoms with Gasteiger partial charge in [-0.3, -0.25) is 9.78 Å². The molecular weight excluding hydrogens is 469 g/mol. The Balaban J connectivity index is 0.00000167. The number of nitrogens with one attached hydrogen (secondary N) is 1. The van der Waals surface area contributed by atoms with Crippen LogP contribution < -0.4 is 5.32 Å². The van der Waals surface area contributed by atoms with Gasteiger partial charge in [-0.05, 0) is 55.5 Å². The van der Waals surface area contributed by atoms with E-state index in [4.69, 9.17) is 4.42 Å². The number of pyridine rings is 1. The fraction of sp³-hybridized carbons (Fsp3) is 0.462. The summed E-state index contributed by atoms with van der Waals surface area (Å²) in [6.45, 7) is 7.89. The SMILES string of the molecule is CC.CC1CCC(C)(F)C1CN(C)S(=O)(=O)c1ccc(CNC(=O)c2cc3ccncc3o2)cc1. The number of carbonyl (C=O) groups excluding carboxylic acids is 1. The molecular formula is C26H34FN3O4S. The first-order valence-corrected chi connectivity index (χ1v) is 13.4. The van der Waals surface area contributed by atoms with Gasteiger partial charge in [-0.2, -0.15) is 0 Å². The van der Waals surface area contributed by atoms with Crippen molar-refractivity contribution in [2.24, 2.45) is 11.8 Å². The van der Waals surface area contributed by atoms with Gasteiger partial charge in [-0.1, -0.05) is 32.9 Å². The summed E-state index contributed by atoms with van der Waals surface area (Å²) in [7, 11) is -2.25. The Kier molecular flexibility index (Phi) is 8.33. The molecule has 35 heavy (non-hydrogen) atoms. The summed E-state index contributed by atoms with van der Waals surface area (Å²) in [5, 5.41) is 3.55. The molecule has 0 bridgehead atoms. The number of alkyl halides is 1. The molecule has 1 saturated carbocycles. The van der Waals surface area contributed by atoms with Crippen molar-refractivity contribution in [3.63, 3.8) is 0 Å². The summed E-state index contributed by atoms with van der Waals surface area (Å²) >= 11 is 0. The third-order valence-electron chi connectivity index (χ3n) is 6.63. The largest absolute Gasteiger partial charge is 0.449 e. The van der Waals surface area contributed by atoms with E-state index in [1.54, 1.807) is 43.6 Å². The number of fused-ring (bicyclic) bond motifs is 1. The van der Waals surface area contributed by atoms with E-state index in [1.807, 2.05) is 20.8 Å². The molecule has 2 heterocycles. The minimum atomic E-state index is -3.75. The minimum Gasteiger partial charge on any atom is -0.449 e. The molecule has 4 rings (SSSR count). The van der Waals surface area contributed by atoms with Gasteiger partial charge in [0, 0.05) is 37.6 Å². The third-order valence-corrected chi connectivity index (χ3v) is 8.47. The summed E-state index contributed by atoms with van der Waals surface area (Å²) in [5.74, 6) is -0.394. The number of amides is 1. The first kappa shape index (κ1) is 26.8. The van der Waals surface area contributed by atoms with Crippen LogP contribution in [-0.4, -0.2) is 42.9 Å². The number of aromatic nitrogens is 1.